The van der Waals surface area contributed by atoms with Gasteiger partial charge in [0.2, 0.25) is 0 Å². The molecule has 4 rings (SSSR count). The average Bonchev–Trinajstić information content (AvgIpc) is 3.13. The molecule has 0 radical (unpaired) electrons. The second kappa shape index (κ2) is 5.30. The number of carbonyl (C=O) groups excluding carboxylic acids is 1. The first kappa shape index (κ1) is 14.1. The van der Waals surface area contributed by atoms with Gasteiger partial charge in [0, 0.05) is 24.5 Å². The van der Waals surface area contributed by atoms with Crippen molar-refractivity contribution in [2.75, 3.05) is 6.54 Å². The van der Waals surface area contributed by atoms with Crippen molar-refractivity contribution in [1.82, 2.24) is 14.9 Å². The van der Waals surface area contributed by atoms with Crippen LogP contribution in [0.15, 0.2) is 30.6 Å². The zero-order valence-electron chi connectivity index (χ0n) is 12.6. The van der Waals surface area contributed by atoms with Crippen molar-refractivity contribution in [2.24, 2.45) is 11.8 Å². The van der Waals surface area contributed by atoms with Crippen molar-refractivity contribution < 1.29 is 14.7 Å². The van der Waals surface area contributed by atoms with Crippen LogP contribution in [-0.2, 0) is 4.79 Å². The summed E-state index contributed by atoms with van der Waals surface area (Å²) in [5.74, 6) is -0.704. The smallest absolute Gasteiger partial charge is 0.326 e. The fourth-order valence-corrected chi connectivity index (χ4v) is 4.09. The highest BCUT2D eigenvalue weighted by atomic mass is 16.4. The second-order valence-corrected chi connectivity index (χ2v) is 6.36. The Morgan fingerprint density at radius 1 is 1.13 bits per heavy atom. The maximum atomic E-state index is 12.9. The average molecular weight is 311 g/mol. The molecule has 3 atom stereocenters. The molecule has 2 fully saturated rings. The fraction of sp³-hybridized carbons (Fsp3) is 0.412. The number of benzene rings is 1. The summed E-state index contributed by atoms with van der Waals surface area (Å²) in [5, 5.41) is 9.58. The molecular formula is C17H17N3O3. The lowest BCUT2D eigenvalue weighted by molar-refractivity contribution is -0.142. The lowest BCUT2D eigenvalue weighted by atomic mass is 9.94. The molecule has 0 spiro atoms. The lowest BCUT2D eigenvalue weighted by Gasteiger charge is -2.24. The predicted octanol–water partition coefficient (Wildman–Crippen LogP) is 1.96. The van der Waals surface area contributed by atoms with E-state index in [1.807, 2.05) is 0 Å². The quantitative estimate of drug-likeness (QED) is 0.916. The first-order valence-corrected chi connectivity index (χ1v) is 7.89. The van der Waals surface area contributed by atoms with Crippen molar-refractivity contribution in [3.63, 3.8) is 0 Å². The molecular weight excluding hydrogens is 294 g/mol. The van der Waals surface area contributed by atoms with E-state index in [4.69, 9.17) is 0 Å². The van der Waals surface area contributed by atoms with Crippen molar-refractivity contribution in [3.8, 4) is 0 Å². The number of carboxylic acids is 1. The number of carboxylic acid groups (broad SMARTS) is 1. The third-order valence-corrected chi connectivity index (χ3v) is 5.12. The number of rotatable bonds is 2. The molecule has 6 nitrogen and oxygen atoms in total. The lowest BCUT2D eigenvalue weighted by Crippen LogP contribution is -2.43. The van der Waals surface area contributed by atoms with E-state index in [2.05, 4.69) is 9.97 Å². The topological polar surface area (TPSA) is 83.4 Å². The molecule has 1 amide bonds. The van der Waals surface area contributed by atoms with Gasteiger partial charge in [-0.25, -0.2) is 4.79 Å². The van der Waals surface area contributed by atoms with Crippen LogP contribution in [0.3, 0.4) is 0 Å². The minimum atomic E-state index is -0.895. The first-order valence-electron chi connectivity index (χ1n) is 7.89. The van der Waals surface area contributed by atoms with Crippen molar-refractivity contribution in [1.29, 1.82) is 0 Å². The number of aliphatic carboxylic acids is 1. The van der Waals surface area contributed by atoms with Crippen molar-refractivity contribution in [2.45, 2.75) is 25.3 Å². The molecule has 1 aromatic heterocycles. The van der Waals surface area contributed by atoms with Crippen molar-refractivity contribution >= 4 is 22.9 Å². The number of hydrogen-bond donors (Lipinski definition) is 1. The Morgan fingerprint density at radius 2 is 1.91 bits per heavy atom. The van der Waals surface area contributed by atoms with E-state index < -0.39 is 12.0 Å². The van der Waals surface area contributed by atoms with Gasteiger partial charge in [-0.15, -0.1) is 0 Å². The molecule has 2 aliphatic rings. The number of hydrogen-bond acceptors (Lipinski definition) is 4. The number of amides is 1. The Morgan fingerprint density at radius 3 is 2.70 bits per heavy atom. The van der Waals surface area contributed by atoms with Crippen LogP contribution in [0.1, 0.15) is 29.6 Å². The summed E-state index contributed by atoms with van der Waals surface area (Å²) >= 11 is 0. The number of likely N-dealkylation sites (tertiary alicyclic amines) is 1. The summed E-state index contributed by atoms with van der Waals surface area (Å²) in [6.07, 6.45) is 6.16. The Bertz CT molecular complexity index is 792. The van der Waals surface area contributed by atoms with Gasteiger partial charge in [-0.1, -0.05) is 6.42 Å². The van der Waals surface area contributed by atoms with E-state index >= 15 is 0 Å². The molecule has 2 heterocycles. The van der Waals surface area contributed by atoms with E-state index in [1.165, 1.54) is 4.90 Å². The van der Waals surface area contributed by atoms with Crippen LogP contribution in [0.2, 0.25) is 0 Å². The highest BCUT2D eigenvalue weighted by molar-refractivity contribution is 5.99. The van der Waals surface area contributed by atoms with Crippen LogP contribution in [0, 0.1) is 11.8 Å². The first-order chi connectivity index (χ1) is 11.1. The van der Waals surface area contributed by atoms with Gasteiger partial charge in [0.15, 0.2) is 0 Å². The van der Waals surface area contributed by atoms with Crippen LogP contribution in [0.5, 0.6) is 0 Å². The summed E-state index contributed by atoms with van der Waals surface area (Å²) in [6, 6.07) is 4.44. The zero-order valence-corrected chi connectivity index (χ0v) is 12.6. The number of aromatic nitrogens is 2. The third kappa shape index (κ3) is 2.25. The van der Waals surface area contributed by atoms with Crippen LogP contribution >= 0.6 is 0 Å². The van der Waals surface area contributed by atoms with Gasteiger partial charge in [0.25, 0.3) is 5.91 Å². The summed E-state index contributed by atoms with van der Waals surface area (Å²) in [6.45, 7) is 0.541. The van der Waals surface area contributed by atoms with Gasteiger partial charge in [-0.3, -0.25) is 14.8 Å². The summed E-state index contributed by atoms with van der Waals surface area (Å²) in [5.41, 5.74) is 1.84. The molecule has 1 saturated carbocycles. The number of nitrogens with zero attached hydrogens (tertiary/aromatic N) is 3. The van der Waals surface area contributed by atoms with Gasteiger partial charge in [0.1, 0.15) is 6.04 Å². The van der Waals surface area contributed by atoms with Crippen LogP contribution in [0.4, 0.5) is 0 Å². The minimum absolute atomic E-state index is 0.0942. The largest absolute Gasteiger partial charge is 0.480 e. The summed E-state index contributed by atoms with van der Waals surface area (Å²) < 4.78 is 0. The standard InChI is InChI=1S/C17H17N3O3/c21-16(10-4-5-13-14(8-10)19-7-6-18-13)20-9-11-2-1-3-12(11)15(20)17(22)23/h4-8,11-12,15H,1-3,9H2,(H,22,23). The Labute approximate surface area is 133 Å². The van der Waals surface area contributed by atoms with Gasteiger partial charge in [-0.2, -0.15) is 0 Å². The fourth-order valence-electron chi connectivity index (χ4n) is 4.09. The molecule has 1 aliphatic heterocycles. The Kier molecular flexibility index (Phi) is 3.25. The van der Waals surface area contributed by atoms with Gasteiger partial charge in [0.05, 0.1) is 11.0 Å². The number of carbonyl (C=O) groups is 2. The van der Waals surface area contributed by atoms with E-state index in [0.717, 1.165) is 24.8 Å². The normalized spacial score (nSPS) is 26.4. The molecule has 2 aromatic rings. The van der Waals surface area contributed by atoms with Gasteiger partial charge in [-0.05, 0) is 42.9 Å². The van der Waals surface area contributed by atoms with Crippen LogP contribution < -0.4 is 0 Å². The van der Waals surface area contributed by atoms with Crippen LogP contribution in [-0.4, -0.2) is 44.4 Å². The highest BCUT2D eigenvalue weighted by Crippen LogP contribution is 2.42. The molecule has 1 saturated heterocycles. The van der Waals surface area contributed by atoms with E-state index in [1.54, 1.807) is 30.6 Å². The molecule has 0 bridgehead atoms. The number of fused-ring (bicyclic) bond motifs is 2. The molecule has 1 aliphatic carbocycles. The highest BCUT2D eigenvalue weighted by Gasteiger charge is 2.49. The second-order valence-electron chi connectivity index (χ2n) is 6.36. The minimum Gasteiger partial charge on any atom is -0.480 e. The van der Waals surface area contributed by atoms with Crippen LogP contribution in [0.25, 0.3) is 11.0 Å². The molecule has 1 aromatic carbocycles. The van der Waals surface area contributed by atoms with Gasteiger partial charge < -0.3 is 10.0 Å². The molecule has 118 valence electrons. The maximum Gasteiger partial charge on any atom is 0.326 e. The Balaban J connectivity index is 1.68. The van der Waals surface area contributed by atoms with Crippen molar-refractivity contribution in [3.05, 3.63) is 36.2 Å². The SMILES string of the molecule is O=C(O)C1C2CCCC2CN1C(=O)c1ccc2nccnc2c1. The maximum absolute atomic E-state index is 12.9. The third-order valence-electron chi connectivity index (χ3n) is 5.12. The van der Waals surface area contributed by atoms with E-state index in [0.29, 0.717) is 23.5 Å². The molecule has 6 heteroatoms. The molecule has 23 heavy (non-hydrogen) atoms. The summed E-state index contributed by atoms with van der Waals surface area (Å²) in [4.78, 5) is 34.5. The molecule has 1 N–H and O–H groups in total. The summed E-state index contributed by atoms with van der Waals surface area (Å²) in [7, 11) is 0. The predicted molar refractivity (Wildman–Crippen MR) is 82.8 cm³/mol. The zero-order chi connectivity index (χ0) is 16.0. The molecule has 3 unspecified atom stereocenters. The van der Waals surface area contributed by atoms with Gasteiger partial charge >= 0.3 is 5.97 Å². The Hall–Kier alpha value is -2.50. The van der Waals surface area contributed by atoms with E-state index in [9.17, 15) is 14.7 Å². The monoisotopic (exact) mass is 311 g/mol. The van der Waals surface area contributed by atoms with E-state index in [-0.39, 0.29) is 11.8 Å².